The Kier molecular flexibility index (Phi) is 6.27. The van der Waals surface area contributed by atoms with Gasteiger partial charge in [-0.05, 0) is 58.4 Å². The Labute approximate surface area is 212 Å². The third kappa shape index (κ3) is 4.77. The molecular formula is C24H15BrClFN8. The van der Waals surface area contributed by atoms with E-state index in [0.717, 1.165) is 21.5 Å². The van der Waals surface area contributed by atoms with E-state index in [1.807, 2.05) is 30.5 Å². The molecule has 0 radical (unpaired) electrons. The topological polar surface area (TPSA) is 104 Å². The van der Waals surface area contributed by atoms with Crippen LogP contribution in [0, 0.1) is 17.1 Å². The van der Waals surface area contributed by atoms with Crippen LogP contribution < -0.4 is 10.6 Å². The van der Waals surface area contributed by atoms with Crippen LogP contribution in [-0.4, -0.2) is 25.0 Å². The van der Waals surface area contributed by atoms with Gasteiger partial charge in [0.1, 0.15) is 17.6 Å². The fourth-order valence-electron chi connectivity index (χ4n) is 3.49. The van der Waals surface area contributed by atoms with Crippen molar-refractivity contribution in [3.8, 4) is 11.8 Å². The van der Waals surface area contributed by atoms with Gasteiger partial charge in [-0.3, -0.25) is 9.97 Å². The summed E-state index contributed by atoms with van der Waals surface area (Å²) in [6.45, 7) is 0.421. The molecule has 3 heterocycles. The molecule has 172 valence electrons. The minimum Gasteiger partial charge on any atom is -0.379 e. The number of aromatic nitrogens is 5. The smallest absolute Gasteiger partial charge is 0.141 e. The highest BCUT2D eigenvalue weighted by Crippen LogP contribution is 2.35. The van der Waals surface area contributed by atoms with Gasteiger partial charge in [0.25, 0.3) is 0 Å². The lowest BCUT2D eigenvalue weighted by molar-refractivity contribution is 0.628. The standard InChI is InChI=1S/C24H15BrClFN8/c25-20-8-16(30-12-17-13-35(34-33-17)18-3-5-29-6-4-18)7-19-23(14(10-28)11-31-24(19)20)32-15-1-2-22(27)21(26)9-15/h1-9,11,13,30H,12H2,(H,31,32). The summed E-state index contributed by atoms with van der Waals surface area (Å²) in [5.74, 6) is -0.521. The number of nitrogens with one attached hydrogen (secondary N) is 2. The SMILES string of the molecule is N#Cc1cnc2c(Br)cc(NCc3cn(-c4ccncc4)nn3)cc2c1Nc1ccc(F)c(Cl)c1. The van der Waals surface area contributed by atoms with Gasteiger partial charge in [-0.1, -0.05) is 16.8 Å². The molecule has 0 bridgehead atoms. The van der Waals surface area contributed by atoms with Crippen molar-refractivity contribution >= 4 is 55.5 Å². The molecule has 5 rings (SSSR count). The van der Waals surface area contributed by atoms with Gasteiger partial charge in [-0.25, -0.2) is 9.07 Å². The number of halogens is 3. The summed E-state index contributed by atoms with van der Waals surface area (Å²) in [6, 6.07) is 13.9. The van der Waals surface area contributed by atoms with Gasteiger partial charge in [-0.2, -0.15) is 5.26 Å². The number of hydrogen-bond acceptors (Lipinski definition) is 7. The van der Waals surface area contributed by atoms with E-state index >= 15 is 0 Å². The van der Waals surface area contributed by atoms with Crippen molar-refractivity contribution in [3.05, 3.63) is 93.8 Å². The van der Waals surface area contributed by atoms with Crippen molar-refractivity contribution in [2.45, 2.75) is 6.54 Å². The van der Waals surface area contributed by atoms with Gasteiger partial charge >= 0.3 is 0 Å². The number of nitriles is 1. The van der Waals surface area contributed by atoms with Crippen molar-refractivity contribution < 1.29 is 4.39 Å². The Bertz CT molecular complexity index is 1580. The van der Waals surface area contributed by atoms with Crippen LogP contribution in [0.5, 0.6) is 0 Å². The summed E-state index contributed by atoms with van der Waals surface area (Å²) >= 11 is 9.51. The Balaban J connectivity index is 1.46. The van der Waals surface area contributed by atoms with Gasteiger partial charge in [0.2, 0.25) is 0 Å². The molecule has 0 unspecified atom stereocenters. The Morgan fingerprint density at radius 2 is 1.94 bits per heavy atom. The molecule has 0 saturated carbocycles. The Hall–Kier alpha value is -4.07. The summed E-state index contributed by atoms with van der Waals surface area (Å²) < 4.78 is 16.0. The minimum absolute atomic E-state index is 0.0183. The molecule has 0 amide bonds. The second-order valence-electron chi connectivity index (χ2n) is 7.48. The molecule has 5 aromatic rings. The zero-order chi connectivity index (χ0) is 24.4. The minimum atomic E-state index is -0.521. The van der Waals surface area contributed by atoms with E-state index < -0.39 is 5.82 Å². The number of benzene rings is 2. The molecule has 2 N–H and O–H groups in total. The lowest BCUT2D eigenvalue weighted by atomic mass is 10.1. The zero-order valence-electron chi connectivity index (χ0n) is 17.9. The second-order valence-corrected chi connectivity index (χ2v) is 8.74. The summed E-state index contributed by atoms with van der Waals surface area (Å²) in [5, 5.41) is 25.3. The van der Waals surface area contributed by atoms with Gasteiger partial charge in [0, 0.05) is 39.8 Å². The van der Waals surface area contributed by atoms with E-state index in [-0.39, 0.29) is 5.02 Å². The second kappa shape index (κ2) is 9.66. The van der Waals surface area contributed by atoms with Crippen LogP contribution in [0.4, 0.5) is 21.5 Å². The van der Waals surface area contributed by atoms with Gasteiger partial charge in [-0.15, -0.1) is 5.10 Å². The van der Waals surface area contributed by atoms with E-state index in [1.54, 1.807) is 23.1 Å². The first-order valence-corrected chi connectivity index (χ1v) is 11.5. The number of pyridine rings is 2. The predicted molar refractivity (Wildman–Crippen MR) is 135 cm³/mol. The molecule has 8 nitrogen and oxygen atoms in total. The molecule has 0 saturated heterocycles. The molecule has 0 aliphatic heterocycles. The number of fused-ring (bicyclic) bond motifs is 1. The lowest BCUT2D eigenvalue weighted by Gasteiger charge is -2.14. The highest BCUT2D eigenvalue weighted by molar-refractivity contribution is 9.10. The molecule has 0 fully saturated rings. The first-order chi connectivity index (χ1) is 17.0. The summed E-state index contributed by atoms with van der Waals surface area (Å²) in [5.41, 5.74) is 4.45. The van der Waals surface area contributed by atoms with Crippen LogP contribution >= 0.6 is 27.5 Å². The van der Waals surface area contributed by atoms with E-state index in [0.29, 0.717) is 34.4 Å². The average Bonchev–Trinajstić information content (AvgIpc) is 3.35. The van der Waals surface area contributed by atoms with E-state index in [4.69, 9.17) is 11.6 Å². The van der Waals surface area contributed by atoms with Crippen LogP contribution in [0.1, 0.15) is 11.3 Å². The van der Waals surface area contributed by atoms with Crippen LogP contribution in [-0.2, 0) is 6.54 Å². The van der Waals surface area contributed by atoms with Crippen LogP contribution in [0.2, 0.25) is 5.02 Å². The van der Waals surface area contributed by atoms with Gasteiger partial charge < -0.3 is 10.6 Å². The molecule has 0 atom stereocenters. The lowest BCUT2D eigenvalue weighted by Crippen LogP contribution is -2.02. The fourth-order valence-corrected chi connectivity index (χ4v) is 4.24. The highest BCUT2D eigenvalue weighted by atomic mass is 79.9. The number of rotatable bonds is 6. The van der Waals surface area contributed by atoms with Crippen molar-refractivity contribution in [1.29, 1.82) is 5.26 Å². The molecular weight excluding hydrogens is 535 g/mol. The maximum absolute atomic E-state index is 13.6. The zero-order valence-corrected chi connectivity index (χ0v) is 20.2. The largest absolute Gasteiger partial charge is 0.379 e. The summed E-state index contributed by atoms with van der Waals surface area (Å²) in [4.78, 5) is 8.44. The van der Waals surface area contributed by atoms with Crippen molar-refractivity contribution in [1.82, 2.24) is 25.0 Å². The number of hydrogen-bond donors (Lipinski definition) is 2. The first-order valence-electron chi connectivity index (χ1n) is 10.3. The van der Waals surface area contributed by atoms with Crippen LogP contribution in [0.25, 0.3) is 16.6 Å². The van der Waals surface area contributed by atoms with Gasteiger partial charge in [0.05, 0.1) is 40.2 Å². The average molecular weight is 550 g/mol. The van der Waals surface area contributed by atoms with E-state index in [2.05, 4.69) is 52.9 Å². The third-order valence-electron chi connectivity index (χ3n) is 5.18. The molecule has 0 aliphatic carbocycles. The van der Waals surface area contributed by atoms with Crippen molar-refractivity contribution in [2.24, 2.45) is 0 Å². The monoisotopic (exact) mass is 548 g/mol. The highest BCUT2D eigenvalue weighted by Gasteiger charge is 2.14. The van der Waals surface area contributed by atoms with Crippen LogP contribution in [0.3, 0.4) is 0 Å². The number of nitrogens with zero attached hydrogens (tertiary/aromatic N) is 6. The first kappa shape index (κ1) is 22.7. The summed E-state index contributed by atoms with van der Waals surface area (Å²) in [6.07, 6.45) is 6.71. The third-order valence-corrected chi connectivity index (χ3v) is 6.07. The van der Waals surface area contributed by atoms with Gasteiger partial charge in [0.15, 0.2) is 0 Å². The fraction of sp³-hybridized carbons (Fsp3) is 0.0417. The summed E-state index contributed by atoms with van der Waals surface area (Å²) in [7, 11) is 0. The molecule has 0 aliphatic rings. The Morgan fingerprint density at radius 1 is 1.11 bits per heavy atom. The quantitative estimate of drug-likeness (QED) is 0.268. The molecule has 35 heavy (non-hydrogen) atoms. The van der Waals surface area contributed by atoms with E-state index in [1.165, 1.54) is 18.3 Å². The van der Waals surface area contributed by atoms with Crippen molar-refractivity contribution in [3.63, 3.8) is 0 Å². The van der Waals surface area contributed by atoms with E-state index in [9.17, 15) is 9.65 Å². The van der Waals surface area contributed by atoms with Crippen molar-refractivity contribution in [2.75, 3.05) is 10.6 Å². The Morgan fingerprint density at radius 3 is 2.71 bits per heavy atom. The predicted octanol–water partition coefficient (Wildman–Crippen LogP) is 5.99. The number of anilines is 3. The molecule has 2 aromatic carbocycles. The van der Waals surface area contributed by atoms with Crippen LogP contribution in [0.15, 0.2) is 71.7 Å². The maximum Gasteiger partial charge on any atom is 0.141 e. The molecule has 11 heteroatoms. The maximum atomic E-state index is 13.6. The molecule has 3 aromatic heterocycles. The normalized spacial score (nSPS) is 10.8. The molecule has 0 spiro atoms.